The molecule has 0 saturated heterocycles. The van der Waals surface area contributed by atoms with Gasteiger partial charge in [-0.25, -0.2) is 9.38 Å². The lowest BCUT2D eigenvalue weighted by molar-refractivity contribution is 0.437. The topological polar surface area (TPSA) is 63.3 Å². The highest BCUT2D eigenvalue weighted by atomic mass is 32.2. The molecule has 0 saturated carbocycles. The molecular formula is C7H8N4OS. The van der Waals surface area contributed by atoms with Crippen molar-refractivity contribution in [3.8, 4) is 5.88 Å². The van der Waals surface area contributed by atoms with Gasteiger partial charge < -0.3 is 5.11 Å². The summed E-state index contributed by atoms with van der Waals surface area (Å²) in [6, 6.07) is 1.58. The van der Waals surface area contributed by atoms with Crippen LogP contribution in [0.2, 0.25) is 0 Å². The van der Waals surface area contributed by atoms with Crippen LogP contribution in [0.1, 0.15) is 5.69 Å². The predicted octanol–water partition coefficient (Wildman–Crippen LogP) is 0.860. The monoisotopic (exact) mass is 196 g/mol. The van der Waals surface area contributed by atoms with Gasteiger partial charge in [0.05, 0.1) is 0 Å². The third-order valence-electron chi connectivity index (χ3n) is 1.64. The molecule has 0 spiro atoms. The number of hydrogen-bond acceptors (Lipinski definition) is 5. The van der Waals surface area contributed by atoms with E-state index in [0.29, 0.717) is 10.9 Å². The van der Waals surface area contributed by atoms with Gasteiger partial charge in [0.1, 0.15) is 0 Å². The minimum atomic E-state index is 0.122. The van der Waals surface area contributed by atoms with E-state index in [1.807, 2.05) is 6.26 Å². The Balaban J connectivity index is 2.82. The van der Waals surface area contributed by atoms with Gasteiger partial charge in [-0.3, -0.25) is 0 Å². The van der Waals surface area contributed by atoms with Crippen LogP contribution in [0.4, 0.5) is 0 Å². The Bertz CT molecular complexity index is 453. The summed E-state index contributed by atoms with van der Waals surface area (Å²) in [5, 5.41) is 17.9. The molecule has 0 bridgehead atoms. The molecule has 6 heteroatoms. The summed E-state index contributed by atoms with van der Waals surface area (Å²) >= 11 is 1.41. The minimum Gasteiger partial charge on any atom is -0.494 e. The normalized spacial score (nSPS) is 10.9. The third kappa shape index (κ3) is 1.23. The lowest BCUT2D eigenvalue weighted by Crippen LogP contribution is -1.93. The van der Waals surface area contributed by atoms with Crippen molar-refractivity contribution in [2.75, 3.05) is 6.26 Å². The molecule has 0 aliphatic carbocycles. The summed E-state index contributed by atoms with van der Waals surface area (Å²) in [6.45, 7) is 1.80. The van der Waals surface area contributed by atoms with Crippen molar-refractivity contribution >= 4 is 17.5 Å². The zero-order chi connectivity index (χ0) is 9.42. The maximum atomic E-state index is 9.58. The predicted molar refractivity (Wildman–Crippen MR) is 49.0 cm³/mol. The molecule has 1 N–H and O–H groups in total. The molecule has 0 aliphatic rings. The quantitative estimate of drug-likeness (QED) is 0.685. The van der Waals surface area contributed by atoms with Gasteiger partial charge in [-0.15, -0.1) is 10.2 Å². The molecule has 0 unspecified atom stereocenters. The van der Waals surface area contributed by atoms with Crippen LogP contribution in [0, 0.1) is 6.92 Å². The number of rotatable bonds is 1. The first-order valence-corrected chi connectivity index (χ1v) is 4.90. The second-order valence-corrected chi connectivity index (χ2v) is 3.35. The lowest BCUT2D eigenvalue weighted by atomic mass is 10.4. The maximum absolute atomic E-state index is 9.58. The number of hydrogen-bond donors (Lipinski definition) is 1. The van der Waals surface area contributed by atoms with Crippen molar-refractivity contribution in [3.63, 3.8) is 0 Å². The highest BCUT2D eigenvalue weighted by Crippen LogP contribution is 2.19. The Morgan fingerprint density at radius 3 is 2.92 bits per heavy atom. The summed E-state index contributed by atoms with van der Waals surface area (Å²) < 4.78 is 1.51. The molecule has 2 aromatic rings. The zero-order valence-corrected chi connectivity index (χ0v) is 8.04. The van der Waals surface area contributed by atoms with E-state index in [-0.39, 0.29) is 5.88 Å². The fraction of sp³-hybridized carbons (Fsp3) is 0.286. The number of thioether (sulfide) groups is 1. The molecule has 0 aromatic carbocycles. The highest BCUT2D eigenvalue weighted by Gasteiger charge is 2.09. The van der Waals surface area contributed by atoms with Crippen LogP contribution < -0.4 is 0 Å². The summed E-state index contributed by atoms with van der Waals surface area (Å²) in [5.74, 6) is 0.554. The molecule has 0 atom stereocenters. The molecule has 0 radical (unpaired) electrons. The summed E-state index contributed by atoms with van der Waals surface area (Å²) in [7, 11) is 0. The Kier molecular flexibility index (Phi) is 1.84. The second kappa shape index (κ2) is 2.88. The summed E-state index contributed by atoms with van der Waals surface area (Å²) in [5.41, 5.74) is 0.727. The van der Waals surface area contributed by atoms with E-state index in [9.17, 15) is 5.11 Å². The van der Waals surface area contributed by atoms with E-state index in [4.69, 9.17) is 0 Å². The summed E-state index contributed by atoms with van der Waals surface area (Å²) in [6.07, 6.45) is 1.87. The van der Waals surface area contributed by atoms with Crippen LogP contribution >= 0.6 is 11.8 Å². The first kappa shape index (κ1) is 8.31. The van der Waals surface area contributed by atoms with E-state index in [2.05, 4.69) is 15.2 Å². The minimum absolute atomic E-state index is 0.122. The van der Waals surface area contributed by atoms with Gasteiger partial charge in [0.2, 0.25) is 5.88 Å². The second-order valence-electron chi connectivity index (χ2n) is 2.58. The molecule has 2 aromatic heterocycles. The van der Waals surface area contributed by atoms with Crippen LogP contribution in [0.25, 0.3) is 5.78 Å². The van der Waals surface area contributed by atoms with Crippen LogP contribution in [0.5, 0.6) is 5.88 Å². The molecule has 68 valence electrons. The van der Waals surface area contributed by atoms with Crippen molar-refractivity contribution in [1.82, 2.24) is 19.6 Å². The van der Waals surface area contributed by atoms with Gasteiger partial charge in [0.15, 0.2) is 5.16 Å². The number of aromatic nitrogens is 4. The standard InChI is InChI=1S/C7H8N4OS/c1-4-3-5(12)11-6(8-4)9-10-7(11)13-2/h3,12H,1-2H3. The maximum Gasteiger partial charge on any atom is 0.258 e. The first-order chi connectivity index (χ1) is 6.22. The molecule has 5 nitrogen and oxygen atoms in total. The highest BCUT2D eigenvalue weighted by molar-refractivity contribution is 7.98. The lowest BCUT2D eigenvalue weighted by Gasteiger charge is -1.99. The van der Waals surface area contributed by atoms with E-state index in [1.54, 1.807) is 13.0 Å². The van der Waals surface area contributed by atoms with Crippen molar-refractivity contribution in [2.45, 2.75) is 12.1 Å². The van der Waals surface area contributed by atoms with Crippen LogP contribution in [-0.4, -0.2) is 30.9 Å². The van der Waals surface area contributed by atoms with Gasteiger partial charge in [0.25, 0.3) is 5.78 Å². The molecule has 0 amide bonds. The van der Waals surface area contributed by atoms with E-state index >= 15 is 0 Å². The third-order valence-corrected chi connectivity index (χ3v) is 2.27. The average Bonchev–Trinajstić information content (AvgIpc) is 2.47. The van der Waals surface area contributed by atoms with Crippen LogP contribution in [0.15, 0.2) is 11.2 Å². The van der Waals surface area contributed by atoms with Gasteiger partial charge in [-0.2, -0.15) is 0 Å². The molecular weight excluding hydrogens is 188 g/mol. The molecule has 0 aliphatic heterocycles. The van der Waals surface area contributed by atoms with Gasteiger partial charge in [0, 0.05) is 11.8 Å². The smallest absolute Gasteiger partial charge is 0.258 e. The fourth-order valence-electron chi connectivity index (χ4n) is 1.11. The number of aromatic hydroxyl groups is 1. The molecule has 0 fully saturated rings. The van der Waals surface area contributed by atoms with E-state index in [0.717, 1.165) is 5.69 Å². The van der Waals surface area contributed by atoms with E-state index in [1.165, 1.54) is 16.2 Å². The van der Waals surface area contributed by atoms with Crippen molar-refractivity contribution in [1.29, 1.82) is 0 Å². The number of nitrogens with zero attached hydrogens (tertiary/aromatic N) is 4. The van der Waals surface area contributed by atoms with Gasteiger partial charge >= 0.3 is 0 Å². The molecule has 13 heavy (non-hydrogen) atoms. The first-order valence-electron chi connectivity index (χ1n) is 3.68. The van der Waals surface area contributed by atoms with Crippen LogP contribution in [0.3, 0.4) is 0 Å². The van der Waals surface area contributed by atoms with E-state index < -0.39 is 0 Å². The van der Waals surface area contributed by atoms with Crippen molar-refractivity contribution in [2.24, 2.45) is 0 Å². The molecule has 2 rings (SSSR count). The van der Waals surface area contributed by atoms with Crippen molar-refractivity contribution in [3.05, 3.63) is 11.8 Å². The largest absolute Gasteiger partial charge is 0.494 e. The Labute approximate surface area is 78.8 Å². The fourth-order valence-corrected chi connectivity index (χ4v) is 1.59. The molecule has 2 heterocycles. The van der Waals surface area contributed by atoms with Gasteiger partial charge in [-0.1, -0.05) is 11.8 Å². The average molecular weight is 196 g/mol. The number of fused-ring (bicyclic) bond motifs is 1. The Morgan fingerprint density at radius 2 is 2.23 bits per heavy atom. The number of aryl methyl sites for hydroxylation is 1. The Morgan fingerprint density at radius 1 is 1.46 bits per heavy atom. The van der Waals surface area contributed by atoms with Crippen LogP contribution in [-0.2, 0) is 0 Å². The SMILES string of the molecule is CSc1nnc2nc(C)cc(O)n12. The van der Waals surface area contributed by atoms with Gasteiger partial charge in [-0.05, 0) is 13.2 Å². The Hall–Kier alpha value is -1.30. The zero-order valence-electron chi connectivity index (χ0n) is 7.22. The summed E-state index contributed by atoms with van der Waals surface area (Å²) in [4.78, 5) is 4.12. The van der Waals surface area contributed by atoms with Crippen molar-refractivity contribution < 1.29 is 5.11 Å².